The van der Waals surface area contributed by atoms with Gasteiger partial charge in [0.05, 0.1) is 33.3 Å². The summed E-state index contributed by atoms with van der Waals surface area (Å²) in [6, 6.07) is 14.9. The molecule has 210 valence electrons. The van der Waals surface area contributed by atoms with Gasteiger partial charge in [0.1, 0.15) is 12.4 Å². The minimum absolute atomic E-state index is 0.0176. The number of carbonyl (C=O) groups excluding carboxylic acids is 2. The molecule has 1 unspecified atom stereocenters. The number of hydrogen-bond donors (Lipinski definition) is 1. The first-order valence-corrected chi connectivity index (χ1v) is 13.4. The molecule has 0 spiro atoms. The molecule has 1 N–H and O–H groups in total. The number of nitrogens with zero attached hydrogens (tertiary/aromatic N) is 1. The molecule has 0 aromatic heterocycles. The second-order valence-corrected chi connectivity index (χ2v) is 9.61. The van der Waals surface area contributed by atoms with Crippen LogP contribution in [-0.4, -0.2) is 64.3 Å². The van der Waals surface area contributed by atoms with E-state index in [1.54, 1.807) is 14.2 Å². The predicted molar refractivity (Wildman–Crippen MR) is 149 cm³/mol. The van der Waals surface area contributed by atoms with Crippen LogP contribution in [0.4, 0.5) is 0 Å². The lowest BCUT2D eigenvalue weighted by molar-refractivity contribution is -0.145. The zero-order valence-corrected chi connectivity index (χ0v) is 23.4. The average Bonchev–Trinajstić information content (AvgIpc) is 2.91. The van der Waals surface area contributed by atoms with Crippen molar-refractivity contribution in [3.05, 3.63) is 54.1 Å². The number of methoxy groups -OCH3 is 2. The van der Waals surface area contributed by atoms with Crippen molar-refractivity contribution >= 4 is 11.9 Å². The van der Waals surface area contributed by atoms with Gasteiger partial charge in [0.25, 0.3) is 0 Å². The molecular formula is C30H44N2O6. The van der Waals surface area contributed by atoms with Crippen molar-refractivity contribution in [1.82, 2.24) is 10.2 Å². The van der Waals surface area contributed by atoms with Crippen LogP contribution in [0.1, 0.15) is 56.9 Å². The van der Waals surface area contributed by atoms with Crippen LogP contribution in [0, 0.1) is 0 Å². The number of carbonyl (C=O) groups is 2. The number of hydrogen-bond acceptors (Lipinski definition) is 7. The van der Waals surface area contributed by atoms with Gasteiger partial charge in [-0.2, -0.15) is 0 Å². The van der Waals surface area contributed by atoms with Crippen molar-refractivity contribution in [2.24, 2.45) is 0 Å². The van der Waals surface area contributed by atoms with Crippen molar-refractivity contribution in [2.45, 2.75) is 64.0 Å². The number of unbranched alkanes of at least 4 members (excludes halogenated alkanes) is 5. The van der Waals surface area contributed by atoms with E-state index in [1.807, 2.05) is 67.5 Å². The second kappa shape index (κ2) is 18.1. The van der Waals surface area contributed by atoms with Gasteiger partial charge in [-0.15, -0.1) is 0 Å². The van der Waals surface area contributed by atoms with E-state index in [9.17, 15) is 9.59 Å². The third-order valence-corrected chi connectivity index (χ3v) is 6.03. The fourth-order valence-corrected chi connectivity index (χ4v) is 4.09. The minimum atomic E-state index is -0.309. The van der Waals surface area contributed by atoms with Gasteiger partial charge < -0.3 is 29.2 Å². The molecule has 0 saturated carbocycles. The summed E-state index contributed by atoms with van der Waals surface area (Å²) in [5, 5.41) is 3.01. The third-order valence-electron chi connectivity index (χ3n) is 6.03. The molecule has 38 heavy (non-hydrogen) atoms. The van der Waals surface area contributed by atoms with Crippen molar-refractivity contribution in [1.29, 1.82) is 0 Å². The zero-order chi connectivity index (χ0) is 27.6. The molecule has 0 bridgehead atoms. The first-order chi connectivity index (χ1) is 18.4. The van der Waals surface area contributed by atoms with Crippen LogP contribution in [0.2, 0.25) is 0 Å². The lowest BCUT2D eigenvalue weighted by Gasteiger charge is -2.22. The number of amides is 1. The van der Waals surface area contributed by atoms with Gasteiger partial charge in [-0.1, -0.05) is 56.0 Å². The maximum atomic E-state index is 12.5. The number of nitrogens with one attached hydrogen (secondary N) is 1. The molecule has 0 saturated heterocycles. The van der Waals surface area contributed by atoms with Crippen molar-refractivity contribution in [3.8, 4) is 17.2 Å². The van der Waals surface area contributed by atoms with Crippen molar-refractivity contribution in [2.75, 3.05) is 41.5 Å². The highest BCUT2D eigenvalue weighted by molar-refractivity contribution is 5.77. The Hall–Kier alpha value is -3.26. The maximum Gasteiger partial charge on any atom is 0.308 e. The average molecular weight is 529 g/mol. The Morgan fingerprint density at radius 2 is 1.55 bits per heavy atom. The first kappa shape index (κ1) is 31.0. The zero-order valence-electron chi connectivity index (χ0n) is 23.4. The Bertz CT molecular complexity index is 951. The van der Waals surface area contributed by atoms with E-state index in [-0.39, 0.29) is 30.9 Å². The first-order valence-electron chi connectivity index (χ1n) is 13.4. The minimum Gasteiger partial charge on any atom is -0.493 e. The molecule has 2 aromatic carbocycles. The Morgan fingerprint density at radius 3 is 2.24 bits per heavy atom. The number of benzene rings is 2. The highest BCUT2D eigenvalue weighted by Crippen LogP contribution is 2.30. The van der Waals surface area contributed by atoms with Crippen LogP contribution in [0.15, 0.2) is 48.5 Å². The molecule has 0 heterocycles. The lowest BCUT2D eigenvalue weighted by Crippen LogP contribution is -2.43. The second-order valence-electron chi connectivity index (χ2n) is 9.61. The van der Waals surface area contributed by atoms with E-state index in [1.165, 1.54) is 0 Å². The lowest BCUT2D eigenvalue weighted by atomic mass is 10.1. The monoisotopic (exact) mass is 528 g/mol. The smallest absolute Gasteiger partial charge is 0.308 e. The van der Waals surface area contributed by atoms with Crippen LogP contribution >= 0.6 is 0 Å². The number of ether oxygens (including phenoxy) is 4. The van der Waals surface area contributed by atoms with Crippen LogP contribution in [0.5, 0.6) is 17.2 Å². The summed E-state index contributed by atoms with van der Waals surface area (Å²) in [4.78, 5) is 26.8. The Labute approximate surface area is 227 Å². The van der Waals surface area contributed by atoms with Gasteiger partial charge in [-0.25, -0.2) is 0 Å². The Morgan fingerprint density at radius 1 is 0.868 bits per heavy atom. The number of likely N-dealkylation sites (N-methyl/N-ethyl adjacent to an activating group) is 1. The van der Waals surface area contributed by atoms with Gasteiger partial charge in [-0.3, -0.25) is 9.59 Å². The summed E-state index contributed by atoms with van der Waals surface area (Å²) in [6.07, 6.45) is 6.69. The van der Waals surface area contributed by atoms with Gasteiger partial charge in [0.2, 0.25) is 5.91 Å². The normalized spacial score (nSPS) is 11.6. The van der Waals surface area contributed by atoms with Crippen molar-refractivity contribution in [3.63, 3.8) is 0 Å². The van der Waals surface area contributed by atoms with Gasteiger partial charge in [0, 0.05) is 19.0 Å². The fourth-order valence-electron chi connectivity index (χ4n) is 4.09. The van der Waals surface area contributed by atoms with Gasteiger partial charge >= 0.3 is 5.97 Å². The summed E-state index contributed by atoms with van der Waals surface area (Å²) >= 11 is 0. The van der Waals surface area contributed by atoms with E-state index < -0.39 is 0 Å². The molecule has 2 aromatic rings. The molecule has 2 rings (SSSR count). The summed E-state index contributed by atoms with van der Waals surface area (Å²) in [7, 11) is 7.07. The number of rotatable bonds is 19. The molecule has 8 heteroatoms. The summed E-state index contributed by atoms with van der Waals surface area (Å²) in [6.45, 7) is 1.47. The molecule has 0 fully saturated rings. The summed E-state index contributed by atoms with van der Waals surface area (Å²) in [5.74, 6) is 1.78. The topological polar surface area (TPSA) is 86.3 Å². The van der Waals surface area contributed by atoms with E-state index in [0.717, 1.165) is 49.8 Å². The van der Waals surface area contributed by atoms with Crippen molar-refractivity contribution < 1.29 is 28.5 Å². The van der Waals surface area contributed by atoms with Crippen LogP contribution in [0.3, 0.4) is 0 Å². The van der Waals surface area contributed by atoms with E-state index >= 15 is 0 Å². The standard InChI is InChI=1S/C30H44N2O6/c1-32(2)22-25(20-30(34)38-23-24-14-10-9-11-15-24)31-29(33)16-12-7-5-6-8-13-19-37-26-17-18-27(35-3)28(21-26)36-4/h9-11,14-15,17-18,21,25H,5-8,12-13,16,19-20,22-23H2,1-4H3,(H,31,33). The third kappa shape index (κ3) is 12.8. The molecule has 1 atom stereocenters. The maximum absolute atomic E-state index is 12.5. The van der Waals surface area contributed by atoms with E-state index in [2.05, 4.69) is 5.32 Å². The largest absolute Gasteiger partial charge is 0.493 e. The van der Waals surface area contributed by atoms with Crippen LogP contribution in [-0.2, 0) is 20.9 Å². The quantitative estimate of drug-likeness (QED) is 0.203. The molecule has 8 nitrogen and oxygen atoms in total. The highest BCUT2D eigenvalue weighted by atomic mass is 16.5. The van der Waals surface area contributed by atoms with Crippen LogP contribution in [0.25, 0.3) is 0 Å². The molecular weight excluding hydrogens is 484 g/mol. The molecule has 0 aliphatic rings. The van der Waals surface area contributed by atoms with Gasteiger partial charge in [0.15, 0.2) is 11.5 Å². The molecule has 0 aliphatic carbocycles. The Balaban J connectivity index is 1.56. The van der Waals surface area contributed by atoms with E-state index in [0.29, 0.717) is 31.1 Å². The summed E-state index contributed by atoms with van der Waals surface area (Å²) < 4.78 is 21.7. The summed E-state index contributed by atoms with van der Waals surface area (Å²) in [5.41, 5.74) is 0.944. The molecule has 0 aliphatic heterocycles. The SMILES string of the molecule is COc1ccc(OCCCCCCCCC(=O)NC(CC(=O)OCc2ccccc2)CN(C)C)cc1OC. The Kier molecular flexibility index (Phi) is 14.7. The molecule has 0 radical (unpaired) electrons. The predicted octanol–water partition coefficient (Wildman–Crippen LogP) is 4.99. The van der Waals surface area contributed by atoms with E-state index in [4.69, 9.17) is 18.9 Å². The highest BCUT2D eigenvalue weighted by Gasteiger charge is 2.18. The molecule has 1 amide bonds. The fraction of sp³-hybridized carbons (Fsp3) is 0.533. The van der Waals surface area contributed by atoms with Gasteiger partial charge in [-0.05, 0) is 44.6 Å². The van der Waals surface area contributed by atoms with Crippen LogP contribution < -0.4 is 19.5 Å². The number of esters is 1.